The minimum absolute atomic E-state index is 0.00810. The Hall–Kier alpha value is -4.85. The van der Waals surface area contributed by atoms with Gasteiger partial charge in [0.05, 0.1) is 40.0 Å². The van der Waals surface area contributed by atoms with E-state index in [4.69, 9.17) is 38.0 Å². The quantitative estimate of drug-likeness (QED) is 0.173. The van der Waals surface area contributed by atoms with Gasteiger partial charge in [-0.15, -0.1) is 0 Å². The first kappa shape index (κ1) is 35.5. The summed E-state index contributed by atoms with van der Waals surface area (Å²) >= 11 is 13.9. The molecule has 5 aromatic rings. The number of carboxylic acid groups (broad SMARTS) is 1. The molecule has 4 heterocycles. The van der Waals surface area contributed by atoms with Gasteiger partial charge in [-0.25, -0.2) is 23.5 Å². The second kappa shape index (κ2) is 13.9. The fraction of sp³-hybridized carbons (Fsp3) is 0.324. The second-order valence-electron chi connectivity index (χ2n) is 13.1. The number of nitrogens with one attached hydrogen (secondary N) is 2. The van der Waals surface area contributed by atoms with Crippen molar-refractivity contribution in [3.8, 4) is 28.3 Å². The lowest BCUT2D eigenvalue weighted by molar-refractivity contribution is -0.139. The van der Waals surface area contributed by atoms with E-state index in [1.165, 1.54) is 19.7 Å². The van der Waals surface area contributed by atoms with Crippen LogP contribution in [0.4, 0.5) is 20.3 Å². The molecule has 11 nitrogen and oxygen atoms in total. The number of hydrogen-bond acceptors (Lipinski definition) is 8. The topological polar surface area (TPSA) is 140 Å². The standard InChI is InChI=1S/C31H25Cl2F2N5O3.C6H9NO2/c1-39-23-14-22(27(34)35)37-28(24(23)30(41)40(2)31(39)42)36-20-12-6-10-18(26(20)33)17-9-5-11-19(25(17)32)21-13-15-7-4-8-16(15)29(38-21)43-3;8-6(9)5-3-1-7-2-4(3)5/h5-6,9-14,27H,4,7-8H2,1-3H3,(H,36,37);3-5,7H,1-2H2,(H,8,9). The van der Waals surface area contributed by atoms with Crippen LogP contribution in [0.5, 0.6) is 5.88 Å². The number of piperidine rings is 1. The molecular weight excluding hydrogens is 717 g/mol. The largest absolute Gasteiger partial charge is 0.481 e. The van der Waals surface area contributed by atoms with Crippen LogP contribution in [0.1, 0.15) is 29.7 Å². The molecule has 52 heavy (non-hydrogen) atoms. The monoisotopic (exact) mass is 750 g/mol. The van der Waals surface area contributed by atoms with E-state index in [-0.39, 0.29) is 27.7 Å². The Morgan fingerprint density at radius 2 is 1.65 bits per heavy atom. The summed E-state index contributed by atoms with van der Waals surface area (Å²) in [4.78, 5) is 44.7. The van der Waals surface area contributed by atoms with Crippen molar-refractivity contribution >= 4 is 51.6 Å². The summed E-state index contributed by atoms with van der Waals surface area (Å²) in [5.41, 5.74) is 3.23. The highest BCUT2D eigenvalue weighted by Crippen LogP contribution is 2.48. The average Bonchev–Trinajstić information content (AvgIpc) is 3.41. The zero-order valence-electron chi connectivity index (χ0n) is 28.3. The smallest absolute Gasteiger partial charge is 0.330 e. The van der Waals surface area contributed by atoms with Gasteiger partial charge < -0.3 is 20.5 Å². The van der Waals surface area contributed by atoms with Crippen LogP contribution in [-0.4, -0.2) is 50.4 Å². The van der Waals surface area contributed by atoms with Gasteiger partial charge in [0.2, 0.25) is 5.88 Å². The highest BCUT2D eigenvalue weighted by molar-refractivity contribution is 6.39. The summed E-state index contributed by atoms with van der Waals surface area (Å²) in [6.07, 6.45) is -0.0573. The zero-order chi connectivity index (χ0) is 37.0. The molecule has 0 amide bonds. The molecule has 3 N–H and O–H groups in total. The first-order valence-electron chi connectivity index (χ1n) is 16.6. The Kier molecular flexibility index (Phi) is 9.53. The van der Waals surface area contributed by atoms with E-state index >= 15 is 0 Å². The summed E-state index contributed by atoms with van der Waals surface area (Å²) in [5, 5.41) is 15.2. The molecule has 2 unspecified atom stereocenters. The van der Waals surface area contributed by atoms with Gasteiger partial charge in [-0.2, -0.15) is 0 Å². The minimum atomic E-state index is -2.95. The molecule has 2 atom stereocenters. The zero-order valence-corrected chi connectivity index (χ0v) is 29.9. The van der Waals surface area contributed by atoms with Crippen LogP contribution in [0.15, 0.2) is 58.1 Å². The van der Waals surface area contributed by atoms with Crippen LogP contribution in [-0.2, 0) is 31.7 Å². The number of carboxylic acids is 1. The maximum atomic E-state index is 13.8. The lowest BCUT2D eigenvalue weighted by Crippen LogP contribution is -2.37. The fourth-order valence-electron chi connectivity index (χ4n) is 7.35. The van der Waals surface area contributed by atoms with Gasteiger partial charge in [0.15, 0.2) is 0 Å². The van der Waals surface area contributed by atoms with E-state index in [2.05, 4.69) is 15.6 Å². The number of anilines is 2. The predicted octanol–water partition coefficient (Wildman–Crippen LogP) is 6.38. The SMILES string of the molecule is COc1nc(-c2cccc(-c3cccc(Nc4nc(C(F)F)cc5c4c(=O)n(C)c(=O)n5C)c3Cl)c2Cl)cc2c1CCC2.O=C(O)C1C2CNCC21. The van der Waals surface area contributed by atoms with Crippen LogP contribution in [0.3, 0.4) is 0 Å². The van der Waals surface area contributed by atoms with Crippen LogP contribution in [0, 0.1) is 17.8 Å². The van der Waals surface area contributed by atoms with Crippen molar-refractivity contribution in [2.75, 3.05) is 25.5 Å². The lowest BCUT2D eigenvalue weighted by atomic mass is 9.99. The van der Waals surface area contributed by atoms with Gasteiger partial charge in [0, 0.05) is 36.3 Å². The Balaban J connectivity index is 0.000000404. The molecule has 2 aliphatic carbocycles. The number of nitrogens with zero attached hydrogens (tertiary/aromatic N) is 4. The van der Waals surface area contributed by atoms with Gasteiger partial charge >= 0.3 is 11.7 Å². The van der Waals surface area contributed by atoms with E-state index in [9.17, 15) is 23.2 Å². The molecule has 8 rings (SSSR count). The Morgan fingerprint density at radius 3 is 2.31 bits per heavy atom. The highest BCUT2D eigenvalue weighted by Gasteiger charge is 2.57. The normalized spacial score (nSPS) is 18.5. The van der Waals surface area contributed by atoms with Gasteiger partial charge in [-0.05, 0) is 68.0 Å². The number of carbonyl (C=O) groups is 1. The Labute approximate surface area is 306 Å². The number of rotatable bonds is 7. The minimum Gasteiger partial charge on any atom is -0.481 e. The van der Waals surface area contributed by atoms with Crippen molar-refractivity contribution in [2.45, 2.75) is 25.7 Å². The van der Waals surface area contributed by atoms with E-state index in [1.54, 1.807) is 25.3 Å². The number of alkyl halides is 2. The number of ether oxygens (including phenoxy) is 1. The van der Waals surface area contributed by atoms with Crippen molar-refractivity contribution in [1.29, 1.82) is 0 Å². The third kappa shape index (κ3) is 6.20. The summed E-state index contributed by atoms with van der Waals surface area (Å²) in [6, 6.07) is 13.7. The molecule has 0 bridgehead atoms. The number of aliphatic carboxylic acids is 1. The van der Waals surface area contributed by atoms with Gasteiger partial charge in [-0.3, -0.25) is 18.7 Å². The number of hydrogen-bond donors (Lipinski definition) is 3. The van der Waals surface area contributed by atoms with E-state index in [1.807, 2.05) is 24.3 Å². The van der Waals surface area contributed by atoms with Gasteiger partial charge in [0.1, 0.15) is 16.9 Å². The molecule has 0 radical (unpaired) electrons. The van der Waals surface area contributed by atoms with Crippen molar-refractivity contribution < 1.29 is 23.4 Å². The van der Waals surface area contributed by atoms with Crippen molar-refractivity contribution in [1.82, 2.24) is 24.4 Å². The Morgan fingerprint density at radius 1 is 0.981 bits per heavy atom. The van der Waals surface area contributed by atoms with Crippen LogP contribution >= 0.6 is 23.2 Å². The molecule has 2 fully saturated rings. The molecule has 1 saturated heterocycles. The third-order valence-corrected chi connectivity index (χ3v) is 10.9. The highest BCUT2D eigenvalue weighted by atomic mass is 35.5. The first-order valence-corrected chi connectivity index (χ1v) is 17.4. The molecule has 1 aliphatic heterocycles. The van der Waals surface area contributed by atoms with E-state index in [0.29, 0.717) is 50.8 Å². The maximum absolute atomic E-state index is 13.8. The molecule has 2 aromatic carbocycles. The molecule has 1 saturated carbocycles. The summed E-state index contributed by atoms with van der Waals surface area (Å²) in [6.45, 7) is 1.84. The molecule has 3 aromatic heterocycles. The number of benzene rings is 2. The van der Waals surface area contributed by atoms with Crippen molar-refractivity contribution in [3.05, 3.63) is 96.2 Å². The second-order valence-corrected chi connectivity index (χ2v) is 13.9. The number of methoxy groups -OCH3 is 1. The van der Waals surface area contributed by atoms with Crippen LogP contribution in [0.2, 0.25) is 10.0 Å². The maximum Gasteiger partial charge on any atom is 0.330 e. The van der Waals surface area contributed by atoms with Crippen LogP contribution in [0.25, 0.3) is 33.3 Å². The molecule has 0 spiro atoms. The van der Waals surface area contributed by atoms with Gasteiger partial charge in [0.25, 0.3) is 12.0 Å². The lowest BCUT2D eigenvalue weighted by Gasteiger charge is -2.17. The summed E-state index contributed by atoms with van der Waals surface area (Å²) in [7, 11) is 4.31. The number of pyridine rings is 2. The first-order chi connectivity index (χ1) is 24.9. The number of aryl methyl sites for hydroxylation is 2. The van der Waals surface area contributed by atoms with E-state index < -0.39 is 29.3 Å². The average molecular weight is 752 g/mol. The molecule has 270 valence electrons. The predicted molar refractivity (Wildman–Crippen MR) is 195 cm³/mol. The molecular formula is C37H34Cl2F2N6O5. The van der Waals surface area contributed by atoms with Crippen molar-refractivity contribution in [3.63, 3.8) is 0 Å². The molecule has 3 aliphatic rings. The van der Waals surface area contributed by atoms with E-state index in [0.717, 1.165) is 53.1 Å². The molecule has 15 heteroatoms. The third-order valence-electron chi connectivity index (χ3n) is 10.1. The van der Waals surface area contributed by atoms with Crippen LogP contribution < -0.4 is 26.6 Å². The Bertz CT molecular complexity index is 2370. The fourth-order valence-corrected chi connectivity index (χ4v) is 7.95. The number of halogens is 4. The van der Waals surface area contributed by atoms with Gasteiger partial charge in [-0.1, -0.05) is 53.5 Å². The van der Waals surface area contributed by atoms with Crippen molar-refractivity contribution in [2.24, 2.45) is 31.8 Å². The number of fused-ring (bicyclic) bond motifs is 3. The summed E-state index contributed by atoms with van der Waals surface area (Å²) in [5.74, 6) is 0.741. The number of aromatic nitrogens is 4. The summed E-state index contributed by atoms with van der Waals surface area (Å²) < 4.78 is 35.2.